The van der Waals surface area contributed by atoms with Gasteiger partial charge >= 0.3 is 0 Å². The largest absolute Gasteiger partial charge is 0.379 e. The molecule has 3 rings (SSSR count). The maximum Gasteiger partial charge on any atom is 0.261 e. The lowest BCUT2D eigenvalue weighted by Crippen LogP contribution is -2.40. The number of morpholine rings is 1. The Morgan fingerprint density at radius 3 is 2.11 bits per heavy atom. The van der Waals surface area contributed by atoms with Crippen molar-refractivity contribution in [3.8, 4) is 0 Å². The van der Waals surface area contributed by atoms with Crippen molar-refractivity contribution in [1.82, 2.24) is 4.31 Å². The first kappa shape index (κ1) is 20.3. The van der Waals surface area contributed by atoms with E-state index in [1.165, 1.54) is 40.7 Å². The molecule has 1 saturated heterocycles. The molecule has 0 radical (unpaired) electrons. The van der Waals surface area contributed by atoms with Gasteiger partial charge in [0.05, 0.1) is 34.3 Å². The molecule has 0 bridgehead atoms. The molecular formula is C17H19N3O6S2. The zero-order valence-corrected chi connectivity index (χ0v) is 16.4. The molecule has 0 atom stereocenters. The molecule has 0 spiro atoms. The van der Waals surface area contributed by atoms with Crippen molar-refractivity contribution < 1.29 is 26.4 Å². The lowest BCUT2D eigenvalue weighted by atomic mass is 10.2. The summed E-state index contributed by atoms with van der Waals surface area (Å²) in [6.07, 6.45) is 0. The van der Waals surface area contributed by atoms with E-state index in [1.807, 2.05) is 0 Å². The molecule has 9 nitrogen and oxygen atoms in total. The van der Waals surface area contributed by atoms with Crippen LogP contribution in [-0.2, 0) is 24.8 Å². The second kappa shape index (κ2) is 7.87. The van der Waals surface area contributed by atoms with Crippen LogP contribution in [0.1, 0.15) is 10.4 Å². The number of carbonyl (C=O) groups is 1. The van der Waals surface area contributed by atoms with Gasteiger partial charge in [-0.1, -0.05) is 12.1 Å². The quantitative estimate of drug-likeness (QED) is 0.696. The van der Waals surface area contributed by atoms with Crippen LogP contribution in [0.4, 0.5) is 5.69 Å². The van der Waals surface area contributed by atoms with Crippen LogP contribution >= 0.6 is 0 Å². The summed E-state index contributed by atoms with van der Waals surface area (Å²) in [5, 5.41) is 0. The Labute approximate surface area is 163 Å². The number of amides is 1. The fourth-order valence-corrected chi connectivity index (χ4v) is 5.21. The number of carbonyl (C=O) groups excluding carboxylic acids is 1. The van der Waals surface area contributed by atoms with Crippen molar-refractivity contribution in [2.75, 3.05) is 31.0 Å². The van der Waals surface area contributed by atoms with Gasteiger partial charge in [-0.25, -0.2) is 16.8 Å². The molecule has 0 unspecified atom stereocenters. The molecule has 11 heteroatoms. The van der Waals surface area contributed by atoms with Crippen LogP contribution in [0.15, 0.2) is 58.3 Å². The van der Waals surface area contributed by atoms with Crippen LogP contribution in [0.25, 0.3) is 0 Å². The Morgan fingerprint density at radius 2 is 1.50 bits per heavy atom. The second-order valence-electron chi connectivity index (χ2n) is 6.00. The Hall–Kier alpha value is -2.47. The molecule has 1 amide bonds. The van der Waals surface area contributed by atoms with Gasteiger partial charge in [-0.3, -0.25) is 9.52 Å². The SMILES string of the molecule is NC(=O)c1ccccc1NS(=O)(=O)c1ccc(S(=O)(=O)N2CCOCC2)cc1. The summed E-state index contributed by atoms with van der Waals surface area (Å²) in [5.41, 5.74) is 5.32. The Kier molecular flexibility index (Phi) is 5.70. The van der Waals surface area contributed by atoms with E-state index < -0.39 is 26.0 Å². The van der Waals surface area contributed by atoms with Gasteiger partial charge in [-0.2, -0.15) is 4.31 Å². The van der Waals surface area contributed by atoms with Crippen LogP contribution < -0.4 is 10.5 Å². The molecule has 3 N–H and O–H groups in total. The molecular weight excluding hydrogens is 406 g/mol. The number of rotatable bonds is 6. The molecule has 1 heterocycles. The number of nitrogens with two attached hydrogens (primary N) is 1. The summed E-state index contributed by atoms with van der Waals surface area (Å²) >= 11 is 0. The highest BCUT2D eigenvalue weighted by atomic mass is 32.2. The number of para-hydroxylation sites is 1. The molecule has 0 aromatic heterocycles. The number of hydrogen-bond donors (Lipinski definition) is 2. The number of sulfonamides is 2. The first-order valence-corrected chi connectivity index (χ1v) is 11.2. The van der Waals surface area contributed by atoms with Gasteiger partial charge in [0.25, 0.3) is 15.9 Å². The summed E-state index contributed by atoms with van der Waals surface area (Å²) in [5.74, 6) is -0.773. The third kappa shape index (κ3) is 4.17. The van der Waals surface area contributed by atoms with E-state index in [4.69, 9.17) is 10.5 Å². The third-order valence-corrected chi connectivity index (χ3v) is 7.47. The predicted octanol–water partition coefficient (Wildman–Crippen LogP) is 0.607. The van der Waals surface area contributed by atoms with Gasteiger partial charge < -0.3 is 10.5 Å². The maximum atomic E-state index is 12.6. The van der Waals surface area contributed by atoms with Crippen molar-refractivity contribution in [2.45, 2.75) is 9.79 Å². The van der Waals surface area contributed by atoms with Gasteiger partial charge in [0.1, 0.15) is 0 Å². The minimum Gasteiger partial charge on any atom is -0.379 e. The fourth-order valence-electron chi connectivity index (χ4n) is 2.72. The van der Waals surface area contributed by atoms with Crippen molar-refractivity contribution in [1.29, 1.82) is 0 Å². The molecule has 150 valence electrons. The summed E-state index contributed by atoms with van der Waals surface area (Å²) in [6.45, 7) is 1.12. The van der Waals surface area contributed by atoms with E-state index in [2.05, 4.69) is 4.72 Å². The van der Waals surface area contributed by atoms with E-state index in [0.29, 0.717) is 13.2 Å². The third-order valence-electron chi connectivity index (χ3n) is 4.18. The van der Waals surface area contributed by atoms with Gasteiger partial charge in [-0.05, 0) is 36.4 Å². The monoisotopic (exact) mass is 425 g/mol. The van der Waals surface area contributed by atoms with Gasteiger partial charge in [0.2, 0.25) is 10.0 Å². The average Bonchev–Trinajstić information content (AvgIpc) is 2.69. The topological polar surface area (TPSA) is 136 Å². The normalized spacial score (nSPS) is 15.9. The summed E-state index contributed by atoms with van der Waals surface area (Å²) in [6, 6.07) is 10.8. The molecule has 2 aromatic rings. The van der Waals surface area contributed by atoms with Gasteiger partial charge in [0.15, 0.2) is 0 Å². The molecule has 0 saturated carbocycles. The van der Waals surface area contributed by atoms with Crippen molar-refractivity contribution in [3.05, 3.63) is 54.1 Å². The van der Waals surface area contributed by atoms with Crippen LogP contribution in [0.2, 0.25) is 0 Å². The number of anilines is 1. The number of ether oxygens (including phenoxy) is 1. The minimum absolute atomic E-state index is 0.00844. The summed E-state index contributed by atoms with van der Waals surface area (Å²) in [4.78, 5) is 11.3. The predicted molar refractivity (Wildman–Crippen MR) is 102 cm³/mol. The van der Waals surface area contributed by atoms with Crippen LogP contribution in [0.5, 0.6) is 0 Å². The van der Waals surface area contributed by atoms with Gasteiger partial charge in [-0.15, -0.1) is 0 Å². The summed E-state index contributed by atoms with van der Waals surface area (Å²) < 4.78 is 59.2. The van der Waals surface area contributed by atoms with E-state index in [9.17, 15) is 21.6 Å². The number of nitrogens with one attached hydrogen (secondary N) is 1. The second-order valence-corrected chi connectivity index (χ2v) is 9.62. The number of benzene rings is 2. The van der Waals surface area contributed by atoms with E-state index in [1.54, 1.807) is 12.1 Å². The fraction of sp³-hybridized carbons (Fsp3) is 0.235. The highest BCUT2D eigenvalue weighted by Crippen LogP contribution is 2.22. The zero-order valence-electron chi connectivity index (χ0n) is 14.7. The van der Waals surface area contributed by atoms with Gasteiger partial charge in [0, 0.05) is 13.1 Å². The Morgan fingerprint density at radius 1 is 0.929 bits per heavy atom. The number of primary amides is 1. The highest BCUT2D eigenvalue weighted by molar-refractivity contribution is 7.92. The van der Waals surface area contributed by atoms with Crippen LogP contribution in [0.3, 0.4) is 0 Å². The Balaban J connectivity index is 1.85. The van der Waals surface area contributed by atoms with Crippen molar-refractivity contribution in [2.24, 2.45) is 5.73 Å². The molecule has 28 heavy (non-hydrogen) atoms. The van der Waals surface area contributed by atoms with E-state index in [-0.39, 0.29) is 34.1 Å². The van der Waals surface area contributed by atoms with Crippen LogP contribution in [-0.4, -0.2) is 53.4 Å². The molecule has 1 aliphatic rings. The lowest BCUT2D eigenvalue weighted by molar-refractivity contribution is 0.0730. The minimum atomic E-state index is -4.04. The highest BCUT2D eigenvalue weighted by Gasteiger charge is 2.27. The Bertz CT molecular complexity index is 1080. The average molecular weight is 425 g/mol. The molecule has 1 aliphatic heterocycles. The van der Waals surface area contributed by atoms with E-state index >= 15 is 0 Å². The molecule has 2 aromatic carbocycles. The molecule has 0 aliphatic carbocycles. The number of hydrogen-bond acceptors (Lipinski definition) is 6. The van der Waals surface area contributed by atoms with E-state index in [0.717, 1.165) is 0 Å². The van der Waals surface area contributed by atoms with Crippen molar-refractivity contribution in [3.63, 3.8) is 0 Å². The lowest BCUT2D eigenvalue weighted by Gasteiger charge is -2.26. The smallest absolute Gasteiger partial charge is 0.261 e. The standard InChI is InChI=1S/C17H19N3O6S2/c18-17(21)15-3-1-2-4-16(15)19-27(22,23)13-5-7-14(8-6-13)28(24,25)20-9-11-26-12-10-20/h1-8,19H,9-12H2,(H2,18,21). The van der Waals surface area contributed by atoms with Crippen molar-refractivity contribution >= 4 is 31.6 Å². The first-order chi connectivity index (χ1) is 13.2. The van der Waals surface area contributed by atoms with Crippen LogP contribution in [0, 0.1) is 0 Å². The first-order valence-electron chi connectivity index (χ1n) is 8.31. The summed E-state index contributed by atoms with van der Waals surface area (Å²) in [7, 11) is -7.77. The number of nitrogens with zero attached hydrogens (tertiary/aromatic N) is 1. The zero-order chi connectivity index (χ0) is 20.4. The maximum absolute atomic E-state index is 12.6. The molecule has 1 fully saturated rings.